The van der Waals surface area contributed by atoms with Crippen LogP contribution in [-0.2, 0) is 10.2 Å². The lowest BCUT2D eigenvalue weighted by Gasteiger charge is -2.25. The summed E-state index contributed by atoms with van der Waals surface area (Å²) < 4.78 is 5.68. The number of nitrogens with two attached hydrogens (primary N) is 1. The molecule has 0 amide bonds. The molecule has 2 rings (SSSR count). The van der Waals surface area contributed by atoms with Gasteiger partial charge in [-0.2, -0.15) is 0 Å². The molecule has 2 N–H and O–H groups in total. The summed E-state index contributed by atoms with van der Waals surface area (Å²) in [7, 11) is 2.13. The number of ether oxygens (including phenoxy) is 1. The minimum Gasteiger partial charge on any atom is -0.377 e. The monoisotopic (exact) mass is 290 g/mol. The third-order valence-corrected chi connectivity index (χ3v) is 4.25. The molecule has 21 heavy (non-hydrogen) atoms. The molecule has 0 aliphatic carbocycles. The van der Waals surface area contributed by atoms with Gasteiger partial charge in [0.1, 0.15) is 0 Å². The lowest BCUT2D eigenvalue weighted by Crippen LogP contribution is -2.34. The number of likely N-dealkylation sites (N-methyl/N-ethyl adjacent to an activating group) is 1. The SMILES string of the molecule is CN(CC1CCCO1)CC(N)c1ccc(C(C)(C)C)cc1. The van der Waals surface area contributed by atoms with Crippen molar-refractivity contribution < 1.29 is 4.74 Å². The van der Waals surface area contributed by atoms with Gasteiger partial charge in [-0.05, 0) is 36.4 Å². The Labute approximate surface area is 129 Å². The first-order chi connectivity index (χ1) is 9.86. The van der Waals surface area contributed by atoms with Crippen molar-refractivity contribution in [2.45, 2.75) is 51.2 Å². The van der Waals surface area contributed by atoms with Gasteiger partial charge in [-0.25, -0.2) is 0 Å². The summed E-state index contributed by atoms with van der Waals surface area (Å²) >= 11 is 0. The van der Waals surface area contributed by atoms with E-state index >= 15 is 0 Å². The highest BCUT2D eigenvalue weighted by atomic mass is 16.5. The first-order valence-corrected chi connectivity index (χ1v) is 8.02. The lowest BCUT2D eigenvalue weighted by molar-refractivity contribution is 0.0796. The van der Waals surface area contributed by atoms with E-state index in [0.29, 0.717) is 6.10 Å². The smallest absolute Gasteiger partial charge is 0.0702 e. The van der Waals surface area contributed by atoms with Crippen LogP contribution in [-0.4, -0.2) is 37.7 Å². The van der Waals surface area contributed by atoms with E-state index in [1.807, 2.05) is 0 Å². The number of rotatable bonds is 5. The quantitative estimate of drug-likeness (QED) is 0.905. The maximum Gasteiger partial charge on any atom is 0.0702 e. The molecule has 0 aromatic heterocycles. The molecule has 1 saturated heterocycles. The van der Waals surface area contributed by atoms with Crippen molar-refractivity contribution in [3.05, 3.63) is 35.4 Å². The second-order valence-corrected chi connectivity index (χ2v) is 7.33. The van der Waals surface area contributed by atoms with Gasteiger partial charge in [-0.15, -0.1) is 0 Å². The van der Waals surface area contributed by atoms with Crippen molar-refractivity contribution in [1.29, 1.82) is 0 Å². The molecule has 1 aromatic rings. The van der Waals surface area contributed by atoms with Crippen LogP contribution in [0.5, 0.6) is 0 Å². The van der Waals surface area contributed by atoms with E-state index in [1.54, 1.807) is 0 Å². The van der Waals surface area contributed by atoms with Crippen molar-refractivity contribution in [2.24, 2.45) is 5.73 Å². The Morgan fingerprint density at radius 3 is 2.48 bits per heavy atom. The van der Waals surface area contributed by atoms with E-state index in [4.69, 9.17) is 10.5 Å². The number of nitrogens with zero attached hydrogens (tertiary/aromatic N) is 1. The fourth-order valence-corrected chi connectivity index (χ4v) is 2.88. The van der Waals surface area contributed by atoms with Crippen LogP contribution in [0.1, 0.15) is 50.8 Å². The predicted molar refractivity (Wildman–Crippen MR) is 88.5 cm³/mol. The van der Waals surface area contributed by atoms with Crippen LogP contribution in [0.2, 0.25) is 0 Å². The summed E-state index contributed by atoms with van der Waals surface area (Å²) in [6.07, 6.45) is 2.77. The summed E-state index contributed by atoms with van der Waals surface area (Å²) in [5.74, 6) is 0. The molecule has 1 fully saturated rings. The van der Waals surface area contributed by atoms with Crippen LogP contribution in [0.4, 0.5) is 0 Å². The molecular formula is C18H30N2O. The molecule has 2 unspecified atom stereocenters. The van der Waals surface area contributed by atoms with Gasteiger partial charge in [0.05, 0.1) is 6.10 Å². The number of hydrogen-bond donors (Lipinski definition) is 1. The van der Waals surface area contributed by atoms with Crippen LogP contribution in [0.15, 0.2) is 24.3 Å². The van der Waals surface area contributed by atoms with Crippen molar-refractivity contribution in [3.8, 4) is 0 Å². The average Bonchev–Trinajstić information content (AvgIpc) is 2.90. The maximum absolute atomic E-state index is 6.35. The fourth-order valence-electron chi connectivity index (χ4n) is 2.88. The van der Waals surface area contributed by atoms with E-state index in [-0.39, 0.29) is 11.5 Å². The van der Waals surface area contributed by atoms with E-state index in [1.165, 1.54) is 24.0 Å². The standard InChI is InChI=1S/C18H30N2O/c1-18(2,3)15-9-7-14(8-10-15)17(19)13-20(4)12-16-6-5-11-21-16/h7-10,16-17H,5-6,11-13,19H2,1-4H3. The van der Waals surface area contributed by atoms with E-state index in [9.17, 15) is 0 Å². The molecule has 1 heterocycles. The first-order valence-electron chi connectivity index (χ1n) is 8.02. The molecule has 1 aromatic carbocycles. The normalized spacial score (nSPS) is 21.0. The predicted octanol–water partition coefficient (Wildman–Crippen LogP) is 3.09. The molecule has 2 atom stereocenters. The van der Waals surface area contributed by atoms with Crippen LogP contribution in [0.3, 0.4) is 0 Å². The minimum atomic E-state index is 0.0606. The Hall–Kier alpha value is -0.900. The zero-order valence-electron chi connectivity index (χ0n) is 13.9. The van der Waals surface area contributed by atoms with Crippen LogP contribution < -0.4 is 5.73 Å². The summed E-state index contributed by atoms with van der Waals surface area (Å²) in [5, 5.41) is 0. The van der Waals surface area contributed by atoms with Crippen LogP contribution in [0, 0.1) is 0 Å². The van der Waals surface area contributed by atoms with Gasteiger partial charge in [0.25, 0.3) is 0 Å². The van der Waals surface area contributed by atoms with Gasteiger partial charge in [0.15, 0.2) is 0 Å². The zero-order chi connectivity index (χ0) is 15.5. The Morgan fingerprint density at radius 1 is 1.29 bits per heavy atom. The molecule has 0 saturated carbocycles. The molecule has 0 radical (unpaired) electrons. The van der Waals surface area contributed by atoms with Gasteiger partial charge in [0.2, 0.25) is 0 Å². The van der Waals surface area contributed by atoms with Crippen molar-refractivity contribution in [1.82, 2.24) is 4.90 Å². The third-order valence-electron chi connectivity index (χ3n) is 4.25. The topological polar surface area (TPSA) is 38.5 Å². The fraction of sp³-hybridized carbons (Fsp3) is 0.667. The second kappa shape index (κ2) is 6.91. The Kier molecular flexibility index (Phi) is 5.42. The molecule has 3 nitrogen and oxygen atoms in total. The number of benzene rings is 1. The highest BCUT2D eigenvalue weighted by Crippen LogP contribution is 2.23. The molecule has 118 valence electrons. The Balaban J connectivity index is 1.88. The molecule has 3 heteroatoms. The Morgan fingerprint density at radius 2 is 1.95 bits per heavy atom. The number of hydrogen-bond acceptors (Lipinski definition) is 3. The van der Waals surface area contributed by atoms with Gasteiger partial charge in [-0.1, -0.05) is 45.0 Å². The van der Waals surface area contributed by atoms with Crippen molar-refractivity contribution >= 4 is 0 Å². The highest BCUT2D eigenvalue weighted by Gasteiger charge is 2.19. The van der Waals surface area contributed by atoms with Gasteiger partial charge in [-0.3, -0.25) is 0 Å². The summed E-state index contributed by atoms with van der Waals surface area (Å²) in [5.41, 5.74) is 9.10. The molecule has 1 aliphatic heterocycles. The summed E-state index contributed by atoms with van der Waals surface area (Å²) in [6, 6.07) is 8.81. The van der Waals surface area contributed by atoms with Gasteiger partial charge < -0.3 is 15.4 Å². The Bertz CT molecular complexity index is 430. The maximum atomic E-state index is 6.35. The third kappa shape index (κ3) is 4.80. The largest absolute Gasteiger partial charge is 0.377 e. The molecular weight excluding hydrogens is 260 g/mol. The molecule has 1 aliphatic rings. The van der Waals surface area contributed by atoms with Gasteiger partial charge >= 0.3 is 0 Å². The van der Waals surface area contributed by atoms with E-state index in [2.05, 4.69) is 57.0 Å². The molecule has 0 spiro atoms. The summed E-state index contributed by atoms with van der Waals surface area (Å²) in [4.78, 5) is 2.29. The average molecular weight is 290 g/mol. The van der Waals surface area contributed by atoms with Crippen molar-refractivity contribution in [2.75, 3.05) is 26.7 Å². The van der Waals surface area contributed by atoms with Crippen LogP contribution in [0.25, 0.3) is 0 Å². The molecule has 0 bridgehead atoms. The highest BCUT2D eigenvalue weighted by molar-refractivity contribution is 5.29. The van der Waals surface area contributed by atoms with E-state index in [0.717, 1.165) is 19.7 Å². The van der Waals surface area contributed by atoms with Crippen molar-refractivity contribution in [3.63, 3.8) is 0 Å². The van der Waals surface area contributed by atoms with Crippen LogP contribution >= 0.6 is 0 Å². The van der Waals surface area contributed by atoms with Gasteiger partial charge in [0, 0.05) is 25.7 Å². The first kappa shape index (κ1) is 16.5. The van der Waals surface area contributed by atoms with E-state index < -0.39 is 0 Å². The minimum absolute atomic E-state index is 0.0606. The summed E-state index contributed by atoms with van der Waals surface area (Å²) in [6.45, 7) is 9.47. The second-order valence-electron chi connectivity index (χ2n) is 7.33. The lowest BCUT2D eigenvalue weighted by atomic mass is 9.86. The zero-order valence-corrected chi connectivity index (χ0v) is 13.9.